The van der Waals surface area contributed by atoms with Gasteiger partial charge in [0.25, 0.3) is 0 Å². The third-order valence-corrected chi connectivity index (χ3v) is 1.47. The van der Waals surface area contributed by atoms with Gasteiger partial charge in [0.2, 0.25) is 0 Å². The lowest BCUT2D eigenvalue weighted by molar-refractivity contribution is -0.142. The van der Waals surface area contributed by atoms with Crippen LogP contribution in [0.1, 0.15) is 5.82 Å². The van der Waals surface area contributed by atoms with E-state index in [0.29, 0.717) is 12.2 Å². The van der Waals surface area contributed by atoms with E-state index in [1.54, 1.807) is 12.4 Å². The van der Waals surface area contributed by atoms with Gasteiger partial charge in [0.15, 0.2) is 0 Å². The van der Waals surface area contributed by atoms with Gasteiger partial charge >= 0.3 is 5.97 Å². The van der Waals surface area contributed by atoms with Crippen LogP contribution in [0.2, 0.25) is 0 Å². The third kappa shape index (κ3) is 4.45. The van der Waals surface area contributed by atoms with Crippen LogP contribution in [0.25, 0.3) is 0 Å². The van der Waals surface area contributed by atoms with Crippen LogP contribution >= 0.6 is 24.8 Å². The smallest absolute Gasteiger partial charge is 0.323 e. The molecule has 7 heteroatoms. The van der Waals surface area contributed by atoms with Crippen molar-refractivity contribution in [2.75, 3.05) is 7.11 Å². The maximum Gasteiger partial charge on any atom is 0.323 e. The summed E-state index contributed by atoms with van der Waals surface area (Å²) in [7, 11) is 1.31. The molecule has 1 aromatic rings. The van der Waals surface area contributed by atoms with Crippen molar-refractivity contribution >= 4 is 30.8 Å². The third-order valence-electron chi connectivity index (χ3n) is 1.47. The highest BCUT2D eigenvalue weighted by Crippen LogP contribution is 1.95. The minimum Gasteiger partial charge on any atom is -0.468 e. The summed E-state index contributed by atoms with van der Waals surface area (Å²) in [6.45, 7) is 0. The van der Waals surface area contributed by atoms with E-state index >= 15 is 0 Å². The Morgan fingerprint density at radius 1 is 1.71 bits per heavy atom. The number of aromatic nitrogens is 2. The Labute approximate surface area is 94.2 Å². The van der Waals surface area contributed by atoms with Gasteiger partial charge in [-0.25, -0.2) is 4.98 Å². The van der Waals surface area contributed by atoms with Crippen LogP contribution in [-0.4, -0.2) is 29.1 Å². The van der Waals surface area contributed by atoms with Gasteiger partial charge in [-0.2, -0.15) is 0 Å². The van der Waals surface area contributed by atoms with Crippen LogP contribution in [0.4, 0.5) is 0 Å². The standard InChI is InChI=1S/C7H11N3O2.2ClH/c1-12-7(11)5(8)4-6-9-2-3-10-6;;/h2-3,5H,4,8H2,1H3,(H,9,10);2*1H. The van der Waals surface area contributed by atoms with E-state index < -0.39 is 12.0 Å². The van der Waals surface area contributed by atoms with Gasteiger partial charge in [-0.3, -0.25) is 4.79 Å². The number of nitrogens with one attached hydrogen (secondary N) is 1. The van der Waals surface area contributed by atoms with E-state index in [0.717, 1.165) is 0 Å². The molecule has 0 saturated carbocycles. The van der Waals surface area contributed by atoms with Gasteiger partial charge in [0.1, 0.15) is 11.9 Å². The van der Waals surface area contributed by atoms with Crippen molar-refractivity contribution in [1.29, 1.82) is 0 Å². The topological polar surface area (TPSA) is 81.0 Å². The SMILES string of the molecule is COC(=O)C(N)Cc1ncc[nH]1.Cl.Cl. The zero-order valence-electron chi connectivity index (χ0n) is 7.60. The first-order valence-electron chi connectivity index (χ1n) is 3.55. The van der Waals surface area contributed by atoms with Gasteiger partial charge in [-0.15, -0.1) is 24.8 Å². The van der Waals surface area contributed by atoms with Gasteiger partial charge in [-0.1, -0.05) is 0 Å². The number of esters is 1. The largest absolute Gasteiger partial charge is 0.468 e. The molecule has 0 saturated heterocycles. The van der Waals surface area contributed by atoms with Crippen LogP contribution in [-0.2, 0) is 16.0 Å². The Kier molecular flexibility index (Phi) is 8.52. The molecule has 5 nitrogen and oxygen atoms in total. The average Bonchev–Trinajstić information content (AvgIpc) is 2.55. The second-order valence-electron chi connectivity index (χ2n) is 2.37. The molecule has 0 bridgehead atoms. The van der Waals surface area contributed by atoms with E-state index in [9.17, 15) is 4.79 Å². The minimum atomic E-state index is -0.638. The van der Waals surface area contributed by atoms with Crippen LogP contribution in [0.3, 0.4) is 0 Å². The number of imidazole rings is 1. The summed E-state index contributed by atoms with van der Waals surface area (Å²) in [5, 5.41) is 0. The molecule has 0 amide bonds. The highest BCUT2D eigenvalue weighted by molar-refractivity contribution is 5.85. The molecule has 0 radical (unpaired) electrons. The molecule has 1 atom stereocenters. The quantitative estimate of drug-likeness (QED) is 0.747. The number of H-pyrrole nitrogens is 1. The predicted molar refractivity (Wildman–Crippen MR) is 56.8 cm³/mol. The molecule has 1 unspecified atom stereocenters. The van der Waals surface area contributed by atoms with Crippen molar-refractivity contribution in [2.45, 2.75) is 12.5 Å². The Bertz CT molecular complexity index is 253. The number of carbonyl (C=O) groups is 1. The minimum absolute atomic E-state index is 0. The first-order valence-corrected chi connectivity index (χ1v) is 3.55. The lowest BCUT2D eigenvalue weighted by Crippen LogP contribution is -2.33. The molecule has 0 aliphatic rings. The number of carbonyl (C=O) groups excluding carboxylic acids is 1. The summed E-state index contributed by atoms with van der Waals surface area (Å²) in [5.74, 6) is 0.263. The average molecular weight is 242 g/mol. The zero-order valence-corrected chi connectivity index (χ0v) is 9.23. The summed E-state index contributed by atoms with van der Waals surface area (Å²) in [4.78, 5) is 17.6. The maximum absolute atomic E-state index is 10.8. The summed E-state index contributed by atoms with van der Waals surface area (Å²) >= 11 is 0. The molecule has 3 N–H and O–H groups in total. The van der Waals surface area contributed by atoms with E-state index in [1.165, 1.54) is 7.11 Å². The van der Waals surface area contributed by atoms with Crippen molar-refractivity contribution in [3.8, 4) is 0 Å². The van der Waals surface area contributed by atoms with E-state index in [2.05, 4.69) is 14.7 Å². The summed E-state index contributed by atoms with van der Waals surface area (Å²) in [6, 6.07) is -0.638. The molecule has 82 valence electrons. The molecule has 0 aromatic carbocycles. The molecule has 1 aromatic heterocycles. The van der Waals surface area contributed by atoms with Crippen molar-refractivity contribution < 1.29 is 9.53 Å². The van der Waals surface area contributed by atoms with Crippen molar-refractivity contribution in [1.82, 2.24) is 9.97 Å². The van der Waals surface area contributed by atoms with Crippen LogP contribution < -0.4 is 5.73 Å². The predicted octanol–water partition coefficient (Wildman–Crippen LogP) is 0.296. The molecule has 1 rings (SSSR count). The maximum atomic E-state index is 10.8. The summed E-state index contributed by atoms with van der Waals surface area (Å²) in [6.07, 6.45) is 3.67. The molecular weight excluding hydrogens is 229 g/mol. The van der Waals surface area contributed by atoms with Crippen LogP contribution in [0.5, 0.6) is 0 Å². The van der Waals surface area contributed by atoms with E-state index in [1.807, 2.05) is 0 Å². The number of ether oxygens (including phenoxy) is 1. The molecule has 0 fully saturated rings. The van der Waals surface area contributed by atoms with Crippen LogP contribution in [0, 0.1) is 0 Å². The molecular formula is C7H13Cl2N3O2. The lowest BCUT2D eigenvalue weighted by Gasteiger charge is -2.05. The Hall–Kier alpha value is -0.780. The number of hydrogen-bond acceptors (Lipinski definition) is 4. The monoisotopic (exact) mass is 241 g/mol. The molecule has 0 aliphatic carbocycles. The lowest BCUT2D eigenvalue weighted by atomic mass is 10.2. The zero-order chi connectivity index (χ0) is 8.97. The first-order chi connectivity index (χ1) is 5.74. The number of nitrogens with two attached hydrogens (primary N) is 1. The Morgan fingerprint density at radius 3 is 2.79 bits per heavy atom. The number of aromatic amines is 1. The number of hydrogen-bond donors (Lipinski definition) is 2. The van der Waals surface area contributed by atoms with Gasteiger partial charge in [-0.05, 0) is 0 Å². The molecule has 14 heavy (non-hydrogen) atoms. The van der Waals surface area contributed by atoms with Gasteiger partial charge in [0.05, 0.1) is 7.11 Å². The highest BCUT2D eigenvalue weighted by Gasteiger charge is 2.14. The normalized spacial score (nSPS) is 10.7. The second-order valence-corrected chi connectivity index (χ2v) is 2.37. The van der Waals surface area contributed by atoms with Crippen molar-refractivity contribution in [3.05, 3.63) is 18.2 Å². The fourth-order valence-corrected chi connectivity index (χ4v) is 0.853. The van der Waals surface area contributed by atoms with Crippen molar-refractivity contribution in [2.24, 2.45) is 5.73 Å². The summed E-state index contributed by atoms with van der Waals surface area (Å²) < 4.78 is 4.46. The Morgan fingerprint density at radius 2 is 2.36 bits per heavy atom. The van der Waals surface area contributed by atoms with E-state index in [4.69, 9.17) is 5.73 Å². The number of nitrogens with zero attached hydrogens (tertiary/aromatic N) is 1. The summed E-state index contributed by atoms with van der Waals surface area (Å²) in [5.41, 5.74) is 5.48. The second kappa shape index (κ2) is 7.61. The number of halogens is 2. The van der Waals surface area contributed by atoms with Crippen molar-refractivity contribution in [3.63, 3.8) is 0 Å². The highest BCUT2D eigenvalue weighted by atomic mass is 35.5. The number of rotatable bonds is 3. The van der Waals surface area contributed by atoms with Crippen LogP contribution in [0.15, 0.2) is 12.4 Å². The van der Waals surface area contributed by atoms with E-state index in [-0.39, 0.29) is 24.8 Å². The fraction of sp³-hybridized carbons (Fsp3) is 0.429. The first kappa shape index (κ1) is 15.7. The Balaban J connectivity index is 0. The van der Waals surface area contributed by atoms with Gasteiger partial charge in [0, 0.05) is 18.8 Å². The molecule has 0 aliphatic heterocycles. The fourth-order valence-electron chi connectivity index (χ4n) is 0.853. The molecule has 1 heterocycles. The number of methoxy groups -OCH3 is 1. The molecule has 0 spiro atoms. The van der Waals surface area contributed by atoms with Gasteiger partial charge < -0.3 is 15.5 Å².